The lowest BCUT2D eigenvalue weighted by molar-refractivity contribution is -0.151. The molecule has 0 aliphatic rings. The fraction of sp³-hybridized carbons (Fsp3) is 0.745. The smallest absolute Gasteiger partial charge is 0.306 e. The van der Waals surface area contributed by atoms with Gasteiger partial charge in [-0.2, -0.15) is 0 Å². The Hall–Kier alpha value is -2.70. The van der Waals surface area contributed by atoms with Gasteiger partial charge in [0.05, 0.1) is 25.2 Å². The minimum atomic E-state index is -0.806. The Bertz CT molecular complexity index is 1140. The predicted octanol–water partition coefficient (Wildman–Crippen LogP) is 15.4. The summed E-state index contributed by atoms with van der Waals surface area (Å²) < 4.78 is 5.90. The summed E-state index contributed by atoms with van der Waals surface area (Å²) in [4.78, 5) is 26.1. The fourth-order valence-corrected chi connectivity index (χ4v) is 7.42. The molecular weight excluding hydrogens is 755 g/mol. The Balaban J connectivity index is 4.67. The summed E-state index contributed by atoms with van der Waals surface area (Å²) in [5, 5.41) is 23.7. The lowest BCUT2D eigenvalue weighted by Crippen LogP contribution is -2.46. The van der Waals surface area contributed by atoms with Crippen molar-refractivity contribution in [1.82, 2.24) is 5.32 Å². The number of ether oxygens (including phenoxy) is 1. The van der Waals surface area contributed by atoms with Gasteiger partial charge in [0.25, 0.3) is 0 Å². The summed E-state index contributed by atoms with van der Waals surface area (Å²) in [6.45, 7) is 6.33. The van der Waals surface area contributed by atoms with Gasteiger partial charge in [-0.25, -0.2) is 0 Å². The van der Waals surface area contributed by atoms with Crippen molar-refractivity contribution < 1.29 is 24.5 Å². The van der Waals surface area contributed by atoms with Gasteiger partial charge in [0.1, 0.15) is 6.10 Å². The van der Waals surface area contributed by atoms with E-state index < -0.39 is 18.2 Å². The molecule has 0 saturated carbocycles. The molecule has 0 rings (SSSR count). The van der Waals surface area contributed by atoms with Crippen LogP contribution in [0.15, 0.2) is 72.9 Å². The molecule has 0 spiro atoms. The Labute approximate surface area is 377 Å². The van der Waals surface area contributed by atoms with Crippen molar-refractivity contribution in [3.63, 3.8) is 0 Å². The van der Waals surface area contributed by atoms with Crippen LogP contribution >= 0.6 is 0 Å². The monoisotopic (exact) mass is 852 g/mol. The van der Waals surface area contributed by atoms with Gasteiger partial charge < -0.3 is 20.3 Å². The molecule has 3 atom stereocenters. The standard InChI is InChI=1S/C55H97NO5/c1-4-7-10-13-16-19-22-24-26-27-28-29-31-33-36-39-42-45-48-55(60)61-51(46-43-40-37-34-32-30-25-23-20-17-14-11-8-5-2)49-54(59)56-52(50-57)53(58)47-44-41-38-35-21-18-15-12-9-6-3/h8,11,17,20,25-30,34,37,51-53,57-58H,4-7,9-10,12-16,18-19,21-24,31-33,35-36,38-50H2,1-3H3,(H,56,59)/b11-8+,20-17+,27-26+,29-28+,30-25+,37-34+. The maximum absolute atomic E-state index is 13.2. The molecule has 352 valence electrons. The molecule has 3 N–H and O–H groups in total. The molecule has 0 fully saturated rings. The summed E-state index contributed by atoms with van der Waals surface area (Å²) in [6.07, 6.45) is 61.1. The largest absolute Gasteiger partial charge is 0.462 e. The third-order valence-electron chi connectivity index (χ3n) is 11.3. The second-order valence-electron chi connectivity index (χ2n) is 17.2. The first-order chi connectivity index (χ1) is 30.0. The molecule has 0 aliphatic heterocycles. The predicted molar refractivity (Wildman–Crippen MR) is 264 cm³/mol. The topological polar surface area (TPSA) is 95.9 Å². The van der Waals surface area contributed by atoms with Crippen LogP contribution in [0.25, 0.3) is 0 Å². The van der Waals surface area contributed by atoms with Crippen LogP contribution in [-0.2, 0) is 14.3 Å². The van der Waals surface area contributed by atoms with Gasteiger partial charge in [0.15, 0.2) is 0 Å². The number of amides is 1. The maximum atomic E-state index is 13.2. The Morgan fingerprint density at radius 3 is 1.46 bits per heavy atom. The van der Waals surface area contributed by atoms with Crippen molar-refractivity contribution >= 4 is 11.9 Å². The second-order valence-corrected chi connectivity index (χ2v) is 17.2. The van der Waals surface area contributed by atoms with Gasteiger partial charge in [0.2, 0.25) is 5.91 Å². The number of nitrogens with one attached hydrogen (secondary N) is 1. The number of carbonyl (C=O) groups is 2. The summed E-state index contributed by atoms with van der Waals surface area (Å²) in [5.41, 5.74) is 0. The Morgan fingerprint density at radius 2 is 0.951 bits per heavy atom. The van der Waals surface area contributed by atoms with Crippen molar-refractivity contribution in [3.8, 4) is 0 Å². The van der Waals surface area contributed by atoms with Gasteiger partial charge in [-0.15, -0.1) is 0 Å². The molecule has 0 bridgehead atoms. The summed E-state index contributed by atoms with van der Waals surface area (Å²) in [7, 11) is 0. The molecule has 61 heavy (non-hydrogen) atoms. The highest BCUT2D eigenvalue weighted by Gasteiger charge is 2.24. The van der Waals surface area contributed by atoms with Crippen molar-refractivity contribution in [1.29, 1.82) is 0 Å². The van der Waals surface area contributed by atoms with Gasteiger partial charge in [-0.1, -0.05) is 216 Å². The highest BCUT2D eigenvalue weighted by Crippen LogP contribution is 2.16. The van der Waals surface area contributed by atoms with E-state index in [0.29, 0.717) is 19.3 Å². The van der Waals surface area contributed by atoms with Crippen LogP contribution in [0.1, 0.15) is 239 Å². The number of allylic oxidation sites excluding steroid dienone is 12. The number of carbonyl (C=O) groups excluding carboxylic acids is 2. The number of unbranched alkanes of at least 4 members (excludes halogenated alkanes) is 22. The van der Waals surface area contributed by atoms with Crippen LogP contribution in [-0.4, -0.2) is 46.9 Å². The number of hydrogen-bond donors (Lipinski definition) is 3. The Kier molecular flexibility index (Phi) is 46.2. The minimum Gasteiger partial charge on any atom is -0.462 e. The Morgan fingerprint density at radius 1 is 0.508 bits per heavy atom. The van der Waals surface area contributed by atoms with Crippen LogP contribution in [0.5, 0.6) is 0 Å². The van der Waals surface area contributed by atoms with Crippen molar-refractivity contribution in [2.45, 2.75) is 257 Å². The number of aliphatic hydroxyl groups excluding tert-OH is 2. The molecule has 6 heteroatoms. The van der Waals surface area contributed by atoms with Crippen molar-refractivity contribution in [3.05, 3.63) is 72.9 Å². The van der Waals surface area contributed by atoms with Gasteiger partial charge in [0, 0.05) is 6.42 Å². The number of hydrogen-bond acceptors (Lipinski definition) is 5. The van der Waals surface area contributed by atoms with Crippen molar-refractivity contribution in [2.24, 2.45) is 0 Å². The zero-order valence-electron chi connectivity index (χ0n) is 40.0. The molecule has 0 heterocycles. The fourth-order valence-electron chi connectivity index (χ4n) is 7.42. The van der Waals surface area contributed by atoms with E-state index >= 15 is 0 Å². The molecule has 0 saturated heterocycles. The molecule has 0 aromatic heterocycles. The third-order valence-corrected chi connectivity index (χ3v) is 11.3. The zero-order valence-corrected chi connectivity index (χ0v) is 40.0. The summed E-state index contributed by atoms with van der Waals surface area (Å²) in [5.74, 6) is -0.548. The maximum Gasteiger partial charge on any atom is 0.306 e. The van der Waals surface area contributed by atoms with E-state index in [2.05, 4.69) is 99.0 Å². The van der Waals surface area contributed by atoms with E-state index in [9.17, 15) is 19.8 Å². The lowest BCUT2D eigenvalue weighted by Gasteiger charge is -2.24. The number of aliphatic hydroxyl groups is 2. The molecule has 0 aromatic carbocycles. The van der Waals surface area contributed by atoms with Crippen LogP contribution in [0.2, 0.25) is 0 Å². The molecular formula is C55H97NO5. The van der Waals surface area contributed by atoms with E-state index in [-0.39, 0.29) is 24.9 Å². The van der Waals surface area contributed by atoms with E-state index in [0.717, 1.165) is 96.3 Å². The normalized spacial score (nSPS) is 13.9. The quantitative estimate of drug-likeness (QED) is 0.0245. The molecule has 3 unspecified atom stereocenters. The first-order valence-corrected chi connectivity index (χ1v) is 25.7. The van der Waals surface area contributed by atoms with Crippen LogP contribution in [0.4, 0.5) is 0 Å². The van der Waals surface area contributed by atoms with Crippen LogP contribution < -0.4 is 5.32 Å². The first kappa shape index (κ1) is 58.3. The van der Waals surface area contributed by atoms with E-state index in [1.807, 2.05) is 0 Å². The molecule has 0 aliphatic carbocycles. The van der Waals surface area contributed by atoms with E-state index in [1.165, 1.54) is 96.3 Å². The SMILES string of the molecule is CC/C=C/C/C=C/C/C=C/C/C=C/CCCC(CC(=O)NC(CO)C(O)CCCCCCCCCCCC)OC(=O)CCCCCCC/C=C/C=C/CCCCCCCCC. The van der Waals surface area contributed by atoms with Crippen LogP contribution in [0.3, 0.4) is 0 Å². The second kappa shape index (κ2) is 48.3. The molecule has 1 amide bonds. The molecule has 6 nitrogen and oxygen atoms in total. The van der Waals surface area contributed by atoms with Crippen LogP contribution in [0, 0.1) is 0 Å². The van der Waals surface area contributed by atoms with Gasteiger partial charge in [-0.3, -0.25) is 9.59 Å². The van der Waals surface area contributed by atoms with Crippen molar-refractivity contribution in [2.75, 3.05) is 6.61 Å². The lowest BCUT2D eigenvalue weighted by atomic mass is 10.0. The highest BCUT2D eigenvalue weighted by molar-refractivity contribution is 5.77. The zero-order chi connectivity index (χ0) is 44.5. The van der Waals surface area contributed by atoms with E-state index in [4.69, 9.17) is 4.74 Å². The first-order valence-electron chi connectivity index (χ1n) is 25.7. The van der Waals surface area contributed by atoms with Gasteiger partial charge >= 0.3 is 5.97 Å². The average Bonchev–Trinajstić information content (AvgIpc) is 3.25. The minimum absolute atomic E-state index is 0.0310. The molecule has 0 aromatic rings. The van der Waals surface area contributed by atoms with E-state index in [1.54, 1.807) is 0 Å². The average molecular weight is 852 g/mol. The van der Waals surface area contributed by atoms with Gasteiger partial charge in [-0.05, 0) is 83.5 Å². The highest BCUT2D eigenvalue weighted by atomic mass is 16.5. The number of esters is 1. The molecule has 0 radical (unpaired) electrons. The summed E-state index contributed by atoms with van der Waals surface area (Å²) in [6, 6.07) is -0.724. The number of rotatable bonds is 45. The third kappa shape index (κ3) is 43.7. The summed E-state index contributed by atoms with van der Waals surface area (Å²) >= 11 is 0.